The van der Waals surface area contributed by atoms with E-state index < -0.39 is 30.1 Å². The Kier molecular flexibility index (Phi) is 6.17. The predicted molar refractivity (Wildman–Crippen MR) is 92.6 cm³/mol. The lowest BCUT2D eigenvalue weighted by atomic mass is 9.96. The van der Waals surface area contributed by atoms with Gasteiger partial charge < -0.3 is 5.32 Å². The van der Waals surface area contributed by atoms with Crippen molar-refractivity contribution in [1.82, 2.24) is 5.32 Å². The van der Waals surface area contributed by atoms with E-state index in [2.05, 4.69) is 11.9 Å². The van der Waals surface area contributed by atoms with Crippen LogP contribution in [0.4, 0.5) is 8.78 Å². The third-order valence-corrected chi connectivity index (χ3v) is 3.70. The molecule has 0 saturated heterocycles. The van der Waals surface area contributed by atoms with Crippen LogP contribution in [-0.4, -0.2) is 23.7 Å². The first-order valence-corrected chi connectivity index (χ1v) is 7.87. The van der Waals surface area contributed by atoms with E-state index in [1.165, 1.54) is 0 Å². The molecule has 0 aliphatic carbocycles. The number of carbonyl (C=O) groups excluding carboxylic acids is 2. The molecule has 0 bridgehead atoms. The van der Waals surface area contributed by atoms with E-state index in [9.17, 15) is 18.4 Å². The van der Waals surface area contributed by atoms with Crippen LogP contribution in [0.1, 0.15) is 22.3 Å². The number of nitrogens with one attached hydrogen (secondary N) is 1. The van der Waals surface area contributed by atoms with Gasteiger partial charge in [-0.1, -0.05) is 54.6 Å². The molecule has 2 aromatic carbocycles. The molecule has 3 nitrogen and oxygen atoms in total. The number of ketones is 1. The fourth-order valence-corrected chi connectivity index (χ4v) is 2.43. The highest BCUT2D eigenvalue weighted by atomic mass is 19.3. The highest BCUT2D eigenvalue weighted by Gasteiger charge is 2.42. The maximum absolute atomic E-state index is 14.1. The summed E-state index contributed by atoms with van der Waals surface area (Å²) in [6.07, 6.45) is 0.222. The van der Waals surface area contributed by atoms with Crippen LogP contribution in [0.2, 0.25) is 0 Å². The molecule has 2 rings (SSSR count). The van der Waals surface area contributed by atoms with Crippen LogP contribution in [0.3, 0.4) is 0 Å². The van der Waals surface area contributed by atoms with Gasteiger partial charge in [0.25, 0.3) is 5.91 Å². The van der Waals surface area contributed by atoms with Gasteiger partial charge in [0.2, 0.25) is 5.78 Å². The van der Waals surface area contributed by atoms with E-state index in [1.54, 1.807) is 60.7 Å². The third-order valence-electron chi connectivity index (χ3n) is 3.70. The van der Waals surface area contributed by atoms with E-state index in [-0.39, 0.29) is 6.42 Å². The van der Waals surface area contributed by atoms with Crippen LogP contribution in [0.25, 0.3) is 0 Å². The Balaban J connectivity index is 2.24. The van der Waals surface area contributed by atoms with Crippen LogP contribution in [-0.2, 0) is 11.2 Å². The summed E-state index contributed by atoms with van der Waals surface area (Å²) in [5.74, 6) is -5.46. The van der Waals surface area contributed by atoms with Gasteiger partial charge in [-0.05, 0) is 24.1 Å². The lowest BCUT2D eigenvalue weighted by Crippen LogP contribution is -2.49. The molecule has 0 saturated carbocycles. The predicted octanol–water partition coefficient (Wildman–Crippen LogP) is 3.81. The molecule has 1 amide bonds. The molecule has 25 heavy (non-hydrogen) atoms. The molecule has 130 valence electrons. The van der Waals surface area contributed by atoms with Gasteiger partial charge in [0.15, 0.2) is 0 Å². The molecule has 0 spiro atoms. The van der Waals surface area contributed by atoms with Crippen molar-refractivity contribution in [2.75, 3.05) is 0 Å². The fourth-order valence-electron chi connectivity index (χ4n) is 2.43. The normalized spacial score (nSPS) is 12.2. The Labute approximate surface area is 145 Å². The Morgan fingerprint density at radius 2 is 1.60 bits per heavy atom. The molecule has 2 aromatic rings. The van der Waals surface area contributed by atoms with Gasteiger partial charge in [-0.2, -0.15) is 8.78 Å². The third kappa shape index (κ3) is 5.08. The average Bonchev–Trinajstić information content (AvgIpc) is 2.62. The van der Waals surface area contributed by atoms with E-state index in [4.69, 9.17) is 0 Å². The van der Waals surface area contributed by atoms with E-state index >= 15 is 0 Å². The van der Waals surface area contributed by atoms with Crippen LogP contribution in [0.5, 0.6) is 0 Å². The summed E-state index contributed by atoms with van der Waals surface area (Å²) in [6, 6.07) is 15.6. The fraction of sp³-hybridized carbons (Fsp3) is 0.200. The summed E-state index contributed by atoms with van der Waals surface area (Å²) in [6.45, 7) is 3.26. The van der Waals surface area contributed by atoms with Gasteiger partial charge >= 0.3 is 5.92 Å². The zero-order valence-corrected chi connectivity index (χ0v) is 13.6. The second-order valence-electron chi connectivity index (χ2n) is 5.64. The zero-order valence-electron chi connectivity index (χ0n) is 13.6. The summed E-state index contributed by atoms with van der Waals surface area (Å²) in [7, 11) is 0. The second-order valence-corrected chi connectivity index (χ2v) is 5.64. The summed E-state index contributed by atoms with van der Waals surface area (Å²) in [5.41, 5.74) is 0.990. The minimum Gasteiger partial charge on any atom is -0.342 e. The summed E-state index contributed by atoms with van der Waals surface area (Å²) >= 11 is 0. The number of hydrogen-bond acceptors (Lipinski definition) is 2. The molecule has 0 aliphatic heterocycles. The number of rotatable bonds is 8. The first-order chi connectivity index (χ1) is 11.9. The number of alkyl halides is 2. The van der Waals surface area contributed by atoms with Gasteiger partial charge in [0.1, 0.15) is 0 Å². The minimum atomic E-state index is -3.58. The molecule has 0 radical (unpaired) electrons. The zero-order chi connectivity index (χ0) is 18.3. The highest BCUT2D eigenvalue weighted by molar-refractivity contribution is 5.99. The molecule has 0 fully saturated rings. The lowest BCUT2D eigenvalue weighted by molar-refractivity contribution is -0.144. The number of halogens is 2. The van der Waals surface area contributed by atoms with E-state index in [0.29, 0.717) is 11.1 Å². The Morgan fingerprint density at radius 1 is 1.04 bits per heavy atom. The number of allylic oxidation sites excluding steroid dienone is 1. The smallest absolute Gasteiger partial charge is 0.310 e. The van der Waals surface area contributed by atoms with Gasteiger partial charge in [-0.3, -0.25) is 9.59 Å². The molecule has 0 heterocycles. The molecule has 0 aromatic heterocycles. The van der Waals surface area contributed by atoms with Crippen molar-refractivity contribution >= 4 is 11.7 Å². The molecule has 5 heteroatoms. The van der Waals surface area contributed by atoms with Crippen LogP contribution < -0.4 is 5.32 Å². The summed E-state index contributed by atoms with van der Waals surface area (Å²) in [5, 5.41) is 2.44. The topological polar surface area (TPSA) is 46.2 Å². The second kappa shape index (κ2) is 8.33. The number of hydrogen-bond donors (Lipinski definition) is 1. The largest absolute Gasteiger partial charge is 0.342 e. The van der Waals surface area contributed by atoms with Crippen molar-refractivity contribution in [1.29, 1.82) is 0 Å². The van der Waals surface area contributed by atoms with Crippen molar-refractivity contribution < 1.29 is 18.4 Å². The first-order valence-electron chi connectivity index (χ1n) is 7.87. The summed E-state index contributed by atoms with van der Waals surface area (Å²) in [4.78, 5) is 24.6. The van der Waals surface area contributed by atoms with Gasteiger partial charge in [-0.25, -0.2) is 0 Å². The minimum absolute atomic E-state index is 0.00895. The van der Waals surface area contributed by atoms with Crippen LogP contribution in [0.15, 0.2) is 73.3 Å². The van der Waals surface area contributed by atoms with E-state index in [0.717, 1.165) is 6.08 Å². The number of carbonyl (C=O) groups is 2. The van der Waals surface area contributed by atoms with Crippen molar-refractivity contribution in [2.45, 2.75) is 24.8 Å². The van der Waals surface area contributed by atoms with Crippen LogP contribution >= 0.6 is 0 Å². The SMILES string of the molecule is C=CCC(F)(F)C(=O)C(Cc1ccccc1)NC(=O)c1ccccc1. The summed E-state index contributed by atoms with van der Waals surface area (Å²) < 4.78 is 28.1. The molecular weight excluding hydrogens is 324 g/mol. The molecular formula is C20H19F2NO2. The number of Topliss-reactive ketones (excluding diaryl/α,β-unsaturated/α-hetero) is 1. The molecule has 1 N–H and O–H groups in total. The monoisotopic (exact) mass is 343 g/mol. The highest BCUT2D eigenvalue weighted by Crippen LogP contribution is 2.23. The maximum atomic E-state index is 14.1. The molecule has 1 atom stereocenters. The van der Waals surface area contributed by atoms with Gasteiger partial charge in [0, 0.05) is 12.0 Å². The first kappa shape index (κ1) is 18.5. The van der Waals surface area contributed by atoms with Crippen LogP contribution in [0, 0.1) is 0 Å². The van der Waals surface area contributed by atoms with Crippen molar-refractivity contribution in [2.24, 2.45) is 0 Å². The molecule has 0 aliphatic rings. The quantitative estimate of drug-likeness (QED) is 0.741. The molecule has 1 unspecified atom stereocenters. The Hall–Kier alpha value is -2.82. The number of amides is 1. The standard InChI is InChI=1S/C20H19F2NO2/c1-2-13-20(21,22)18(24)17(14-15-9-5-3-6-10-15)23-19(25)16-11-7-4-8-12-16/h2-12,17H,1,13-14H2,(H,23,25). The lowest BCUT2D eigenvalue weighted by Gasteiger charge is -2.22. The Morgan fingerprint density at radius 3 is 2.16 bits per heavy atom. The van der Waals surface area contributed by atoms with Gasteiger partial charge in [0.05, 0.1) is 6.04 Å². The average molecular weight is 343 g/mol. The maximum Gasteiger partial charge on any atom is 0.310 e. The van der Waals surface area contributed by atoms with Crippen molar-refractivity contribution in [3.8, 4) is 0 Å². The van der Waals surface area contributed by atoms with E-state index in [1.807, 2.05) is 0 Å². The Bertz CT molecular complexity index is 730. The van der Waals surface area contributed by atoms with Crippen molar-refractivity contribution in [3.05, 3.63) is 84.4 Å². The van der Waals surface area contributed by atoms with Gasteiger partial charge in [-0.15, -0.1) is 6.58 Å². The van der Waals surface area contributed by atoms with Crippen molar-refractivity contribution in [3.63, 3.8) is 0 Å². The number of benzene rings is 2.